The molecule has 0 saturated carbocycles. The number of nitrogens with zero attached hydrogens (tertiary/aromatic N) is 2. The fourth-order valence-corrected chi connectivity index (χ4v) is 2.31. The molecule has 0 bridgehead atoms. The topological polar surface area (TPSA) is 73.6 Å². The summed E-state index contributed by atoms with van der Waals surface area (Å²) in [4.78, 5) is 13.8. The average molecular weight is 286 g/mol. The molecule has 1 heterocycles. The molecule has 1 aromatic rings. The van der Waals surface area contributed by atoms with Crippen molar-refractivity contribution in [3.05, 3.63) is 41.5 Å². The first-order chi connectivity index (χ1) is 10.1. The smallest absolute Gasteiger partial charge is 0.246 e. The van der Waals surface area contributed by atoms with E-state index in [2.05, 4.69) is 6.07 Å². The maximum atomic E-state index is 12.2. The number of benzene rings is 1. The summed E-state index contributed by atoms with van der Waals surface area (Å²) in [5.74, 6) is -0.119. The van der Waals surface area contributed by atoms with Crippen molar-refractivity contribution in [2.45, 2.75) is 19.1 Å². The predicted molar refractivity (Wildman–Crippen MR) is 78.2 cm³/mol. The lowest BCUT2D eigenvalue weighted by molar-refractivity contribution is -0.142. The third kappa shape index (κ3) is 4.15. The number of carbonyl (C=O) groups excluding carboxylic acids is 1. The quantitative estimate of drug-likeness (QED) is 0.847. The van der Waals surface area contributed by atoms with Crippen LogP contribution in [0.1, 0.15) is 18.1 Å². The summed E-state index contributed by atoms with van der Waals surface area (Å²) >= 11 is 0. The molecule has 1 aliphatic rings. The monoisotopic (exact) mass is 286 g/mol. The number of hydrogen-bond acceptors (Lipinski definition) is 4. The van der Waals surface area contributed by atoms with Crippen LogP contribution in [0.25, 0.3) is 6.08 Å². The van der Waals surface area contributed by atoms with Gasteiger partial charge in [0.05, 0.1) is 30.4 Å². The van der Waals surface area contributed by atoms with Crippen LogP contribution in [0.2, 0.25) is 0 Å². The van der Waals surface area contributed by atoms with Crippen molar-refractivity contribution >= 4 is 12.0 Å². The van der Waals surface area contributed by atoms with Crippen LogP contribution in [0.3, 0.4) is 0 Å². The van der Waals surface area contributed by atoms with E-state index < -0.39 is 0 Å². The first kappa shape index (κ1) is 15.2. The molecule has 1 aromatic carbocycles. The Hall–Kier alpha value is -2.16. The van der Waals surface area contributed by atoms with E-state index in [-0.39, 0.29) is 24.7 Å². The molecule has 2 rings (SSSR count). The standard InChI is InChI=1S/C16H18N2O3/c1-12-9-18(10-15(11-19)21-12)16(20)6-5-13-3-2-4-14(7-13)8-17/h2-7,12,15,19H,9-11H2,1H3/b6-5+. The molecule has 110 valence electrons. The second kappa shape index (κ2) is 7.02. The van der Waals surface area contributed by atoms with Crippen molar-refractivity contribution < 1.29 is 14.6 Å². The molecule has 2 unspecified atom stereocenters. The number of hydrogen-bond donors (Lipinski definition) is 1. The van der Waals surface area contributed by atoms with Crippen LogP contribution in [0.5, 0.6) is 0 Å². The molecule has 5 heteroatoms. The summed E-state index contributed by atoms with van der Waals surface area (Å²) in [6.07, 6.45) is 2.77. The van der Waals surface area contributed by atoms with E-state index in [0.29, 0.717) is 18.7 Å². The highest BCUT2D eigenvalue weighted by Gasteiger charge is 2.26. The van der Waals surface area contributed by atoms with Crippen LogP contribution >= 0.6 is 0 Å². The highest BCUT2D eigenvalue weighted by Crippen LogP contribution is 2.12. The lowest BCUT2D eigenvalue weighted by Crippen LogP contribution is -2.49. The lowest BCUT2D eigenvalue weighted by Gasteiger charge is -2.35. The first-order valence-electron chi connectivity index (χ1n) is 6.86. The highest BCUT2D eigenvalue weighted by molar-refractivity contribution is 5.91. The molecule has 1 fully saturated rings. The number of carbonyl (C=O) groups is 1. The van der Waals surface area contributed by atoms with Gasteiger partial charge in [-0.15, -0.1) is 0 Å². The summed E-state index contributed by atoms with van der Waals surface area (Å²) in [5.41, 5.74) is 1.37. The molecule has 1 N–H and O–H groups in total. The highest BCUT2D eigenvalue weighted by atomic mass is 16.5. The van der Waals surface area contributed by atoms with Crippen LogP contribution < -0.4 is 0 Å². The van der Waals surface area contributed by atoms with Gasteiger partial charge in [0, 0.05) is 19.2 Å². The number of rotatable bonds is 3. The van der Waals surface area contributed by atoms with E-state index in [4.69, 9.17) is 15.1 Å². The van der Waals surface area contributed by atoms with E-state index in [1.807, 2.05) is 13.0 Å². The van der Waals surface area contributed by atoms with Crippen LogP contribution in [-0.4, -0.2) is 47.8 Å². The van der Waals surface area contributed by atoms with Gasteiger partial charge in [-0.05, 0) is 30.7 Å². The number of nitriles is 1. The Balaban J connectivity index is 2.03. The van der Waals surface area contributed by atoms with Crippen LogP contribution in [0.4, 0.5) is 0 Å². The Labute approximate surface area is 124 Å². The van der Waals surface area contributed by atoms with Gasteiger partial charge in [-0.25, -0.2) is 0 Å². The van der Waals surface area contributed by atoms with Gasteiger partial charge >= 0.3 is 0 Å². The number of aliphatic hydroxyl groups is 1. The zero-order chi connectivity index (χ0) is 15.2. The van der Waals surface area contributed by atoms with Crippen LogP contribution in [-0.2, 0) is 9.53 Å². The van der Waals surface area contributed by atoms with E-state index in [1.54, 1.807) is 29.2 Å². The minimum absolute atomic E-state index is 0.0878. The third-order valence-corrected chi connectivity index (χ3v) is 3.28. The van der Waals surface area contributed by atoms with Gasteiger partial charge in [-0.2, -0.15) is 5.26 Å². The van der Waals surface area contributed by atoms with Crippen molar-refractivity contribution in [1.29, 1.82) is 5.26 Å². The van der Waals surface area contributed by atoms with Gasteiger partial charge in [-0.3, -0.25) is 4.79 Å². The number of ether oxygens (including phenoxy) is 1. The molecule has 5 nitrogen and oxygen atoms in total. The summed E-state index contributed by atoms with van der Waals surface area (Å²) < 4.78 is 5.50. The Morgan fingerprint density at radius 1 is 1.57 bits per heavy atom. The maximum Gasteiger partial charge on any atom is 0.246 e. The number of morpholine rings is 1. The summed E-state index contributed by atoms with van der Waals surface area (Å²) in [6.45, 7) is 2.68. The zero-order valence-corrected chi connectivity index (χ0v) is 11.9. The average Bonchev–Trinajstić information content (AvgIpc) is 2.52. The normalized spacial score (nSPS) is 22.2. The lowest BCUT2D eigenvalue weighted by atomic mass is 10.1. The molecule has 0 aromatic heterocycles. The van der Waals surface area contributed by atoms with Crippen molar-refractivity contribution in [2.24, 2.45) is 0 Å². The molecule has 0 radical (unpaired) electrons. The summed E-state index contributed by atoms with van der Waals surface area (Å²) in [5, 5.41) is 18.0. The SMILES string of the molecule is CC1CN(C(=O)/C=C/c2cccc(C#N)c2)CC(CO)O1. The predicted octanol–water partition coefficient (Wildman–Crippen LogP) is 1.18. The largest absolute Gasteiger partial charge is 0.394 e. The molecule has 0 spiro atoms. The fourth-order valence-electron chi connectivity index (χ4n) is 2.31. The first-order valence-corrected chi connectivity index (χ1v) is 6.86. The second-order valence-corrected chi connectivity index (χ2v) is 5.07. The van der Waals surface area contributed by atoms with Gasteiger partial charge in [0.15, 0.2) is 0 Å². The maximum absolute atomic E-state index is 12.2. The molecule has 21 heavy (non-hydrogen) atoms. The molecule has 1 aliphatic heterocycles. The molecule has 2 atom stereocenters. The Morgan fingerprint density at radius 3 is 3.10 bits per heavy atom. The Bertz CT molecular complexity index is 577. The fraction of sp³-hybridized carbons (Fsp3) is 0.375. The molecule has 1 saturated heterocycles. The third-order valence-electron chi connectivity index (χ3n) is 3.28. The summed E-state index contributed by atoms with van der Waals surface area (Å²) in [6, 6.07) is 9.12. The Kier molecular flexibility index (Phi) is 5.09. The van der Waals surface area contributed by atoms with Gasteiger partial charge in [-0.1, -0.05) is 12.1 Å². The molecular weight excluding hydrogens is 268 g/mol. The van der Waals surface area contributed by atoms with Crippen LogP contribution in [0.15, 0.2) is 30.3 Å². The van der Waals surface area contributed by atoms with E-state index >= 15 is 0 Å². The second-order valence-electron chi connectivity index (χ2n) is 5.07. The summed E-state index contributed by atoms with van der Waals surface area (Å²) in [7, 11) is 0. The molecule has 0 aliphatic carbocycles. The van der Waals surface area contributed by atoms with Crippen LogP contribution in [0, 0.1) is 11.3 Å². The number of amides is 1. The van der Waals surface area contributed by atoms with Crippen molar-refractivity contribution in [1.82, 2.24) is 4.90 Å². The number of aliphatic hydroxyl groups excluding tert-OH is 1. The van der Waals surface area contributed by atoms with Gasteiger partial charge in [0.1, 0.15) is 0 Å². The van der Waals surface area contributed by atoms with Gasteiger partial charge in [0.2, 0.25) is 5.91 Å². The van der Waals surface area contributed by atoms with Gasteiger partial charge in [0.25, 0.3) is 0 Å². The van der Waals surface area contributed by atoms with E-state index in [0.717, 1.165) is 5.56 Å². The molecular formula is C16H18N2O3. The van der Waals surface area contributed by atoms with E-state index in [9.17, 15) is 4.79 Å². The van der Waals surface area contributed by atoms with Crippen molar-refractivity contribution in [2.75, 3.05) is 19.7 Å². The van der Waals surface area contributed by atoms with E-state index in [1.165, 1.54) is 6.08 Å². The van der Waals surface area contributed by atoms with Gasteiger partial charge < -0.3 is 14.7 Å². The van der Waals surface area contributed by atoms with Crippen molar-refractivity contribution in [3.8, 4) is 6.07 Å². The Morgan fingerprint density at radius 2 is 2.38 bits per heavy atom. The minimum atomic E-state index is -0.326. The van der Waals surface area contributed by atoms with Crippen molar-refractivity contribution in [3.63, 3.8) is 0 Å². The minimum Gasteiger partial charge on any atom is -0.394 e. The zero-order valence-electron chi connectivity index (χ0n) is 11.9. The molecule has 1 amide bonds.